The van der Waals surface area contributed by atoms with E-state index in [-0.39, 0.29) is 11.9 Å². The van der Waals surface area contributed by atoms with E-state index in [2.05, 4.69) is 10.6 Å². The van der Waals surface area contributed by atoms with Crippen molar-refractivity contribution in [3.8, 4) is 0 Å². The summed E-state index contributed by atoms with van der Waals surface area (Å²) < 4.78 is 4.73. The third-order valence-electron chi connectivity index (χ3n) is 3.64. The Morgan fingerprint density at radius 3 is 2.41 bits per heavy atom. The molecule has 27 heavy (non-hydrogen) atoms. The molecule has 2 rings (SSSR count). The van der Waals surface area contributed by atoms with Crippen LogP contribution in [0.4, 0.5) is 10.5 Å². The van der Waals surface area contributed by atoms with E-state index in [0.717, 1.165) is 5.56 Å². The smallest absolute Gasteiger partial charge is 0.318 e. The van der Waals surface area contributed by atoms with Gasteiger partial charge < -0.3 is 21.1 Å². The number of amides is 3. The number of primary amides is 1. The van der Waals surface area contributed by atoms with Gasteiger partial charge in [0.25, 0.3) is 5.91 Å². The van der Waals surface area contributed by atoms with Crippen molar-refractivity contribution in [2.45, 2.75) is 23.6 Å². The van der Waals surface area contributed by atoms with Gasteiger partial charge in [0.2, 0.25) is 0 Å². The van der Waals surface area contributed by atoms with Crippen LogP contribution >= 0.6 is 11.8 Å². The van der Waals surface area contributed by atoms with Crippen molar-refractivity contribution in [1.29, 1.82) is 0 Å². The average Bonchev–Trinajstić information content (AvgIpc) is 2.66. The number of hydrogen-bond acceptors (Lipinski definition) is 5. The number of nitrogens with one attached hydrogen (secondary N) is 2. The highest BCUT2D eigenvalue weighted by atomic mass is 32.2. The van der Waals surface area contributed by atoms with Crippen LogP contribution in [0.3, 0.4) is 0 Å². The minimum Gasteiger partial charge on any atom is -0.468 e. The Morgan fingerprint density at radius 2 is 1.78 bits per heavy atom. The zero-order valence-electron chi connectivity index (χ0n) is 15.0. The second-order valence-electron chi connectivity index (χ2n) is 5.65. The molecule has 142 valence electrons. The number of carbonyl (C=O) groups is 3. The third kappa shape index (κ3) is 6.03. The van der Waals surface area contributed by atoms with E-state index < -0.39 is 11.3 Å². The lowest BCUT2D eigenvalue weighted by Gasteiger charge is -2.13. The van der Waals surface area contributed by atoms with E-state index in [0.29, 0.717) is 22.7 Å². The number of urea groups is 1. The van der Waals surface area contributed by atoms with E-state index in [1.165, 1.54) is 18.9 Å². The number of methoxy groups -OCH3 is 1. The summed E-state index contributed by atoms with van der Waals surface area (Å²) in [5, 5.41) is 4.90. The van der Waals surface area contributed by atoms with Crippen LogP contribution in [-0.2, 0) is 16.1 Å². The molecular formula is C19H21N3O4S. The van der Waals surface area contributed by atoms with Crippen LogP contribution in [0.5, 0.6) is 0 Å². The first-order valence-corrected chi connectivity index (χ1v) is 9.05. The maximum atomic E-state index is 12.6. The fraction of sp³-hybridized carbons (Fsp3) is 0.211. The standard InChI is InChI=1S/C19H21N3O4S/c1-12(18(24)26-2)27-16-6-4-3-5-15(16)17(23)21-11-13-7-9-14(10-8-13)22-19(20)25/h3-10,12H,11H2,1-2H3,(H,21,23)(H3,20,22,25). The number of benzene rings is 2. The van der Waals surface area contributed by atoms with Gasteiger partial charge in [0.05, 0.1) is 12.7 Å². The summed E-state index contributed by atoms with van der Waals surface area (Å²) in [6, 6.07) is 13.4. The number of hydrogen-bond donors (Lipinski definition) is 3. The van der Waals surface area contributed by atoms with Gasteiger partial charge >= 0.3 is 12.0 Å². The summed E-state index contributed by atoms with van der Waals surface area (Å²) in [6.45, 7) is 2.05. The van der Waals surface area contributed by atoms with Crippen LogP contribution in [-0.4, -0.2) is 30.3 Å². The van der Waals surface area contributed by atoms with Gasteiger partial charge in [-0.25, -0.2) is 4.79 Å². The molecule has 0 saturated carbocycles. The second kappa shape index (κ2) is 9.63. The van der Waals surface area contributed by atoms with Crippen molar-refractivity contribution < 1.29 is 19.1 Å². The number of carbonyl (C=O) groups excluding carboxylic acids is 3. The molecule has 0 aliphatic heterocycles. The molecule has 2 aromatic rings. The zero-order chi connectivity index (χ0) is 19.8. The van der Waals surface area contributed by atoms with Gasteiger partial charge in [-0.15, -0.1) is 11.8 Å². The molecule has 0 fully saturated rings. The van der Waals surface area contributed by atoms with Gasteiger partial charge in [0.1, 0.15) is 5.25 Å². The van der Waals surface area contributed by atoms with Crippen molar-refractivity contribution in [3.05, 3.63) is 59.7 Å². The van der Waals surface area contributed by atoms with Crippen molar-refractivity contribution in [1.82, 2.24) is 5.32 Å². The largest absolute Gasteiger partial charge is 0.468 e. The highest BCUT2D eigenvalue weighted by molar-refractivity contribution is 8.00. The second-order valence-corrected chi connectivity index (χ2v) is 7.03. The zero-order valence-corrected chi connectivity index (χ0v) is 15.8. The lowest BCUT2D eigenvalue weighted by atomic mass is 10.2. The summed E-state index contributed by atoms with van der Waals surface area (Å²) >= 11 is 1.27. The Labute approximate surface area is 161 Å². The molecule has 0 radical (unpaired) electrons. The summed E-state index contributed by atoms with van der Waals surface area (Å²) in [5.74, 6) is -0.589. The van der Waals surface area contributed by atoms with Gasteiger partial charge in [0.15, 0.2) is 0 Å². The van der Waals surface area contributed by atoms with Crippen LogP contribution in [0.2, 0.25) is 0 Å². The Bertz CT molecular complexity index is 824. The number of ether oxygens (including phenoxy) is 1. The topological polar surface area (TPSA) is 111 Å². The third-order valence-corrected chi connectivity index (χ3v) is 4.80. The predicted octanol–water partition coefficient (Wildman–Crippen LogP) is 2.76. The maximum Gasteiger partial charge on any atom is 0.318 e. The van der Waals surface area contributed by atoms with Gasteiger partial charge in [-0.1, -0.05) is 24.3 Å². The normalized spacial score (nSPS) is 11.3. The first kappa shape index (κ1) is 20.3. The van der Waals surface area contributed by atoms with Crippen molar-refractivity contribution in [2.75, 3.05) is 12.4 Å². The van der Waals surface area contributed by atoms with Crippen molar-refractivity contribution >= 4 is 35.4 Å². The SMILES string of the molecule is COC(=O)C(C)Sc1ccccc1C(=O)NCc1ccc(NC(N)=O)cc1. The Hall–Kier alpha value is -3.00. The van der Waals surface area contributed by atoms with Gasteiger partial charge in [-0.05, 0) is 36.8 Å². The lowest BCUT2D eigenvalue weighted by Crippen LogP contribution is -2.24. The Kier molecular flexibility index (Phi) is 7.25. The molecule has 0 heterocycles. The Balaban J connectivity index is 2.01. The molecule has 8 heteroatoms. The van der Waals surface area contributed by atoms with Crippen molar-refractivity contribution in [3.63, 3.8) is 0 Å². The van der Waals surface area contributed by atoms with E-state index in [1.54, 1.807) is 49.4 Å². The first-order chi connectivity index (χ1) is 12.9. The van der Waals surface area contributed by atoms with Gasteiger partial charge in [-0.2, -0.15) is 0 Å². The monoisotopic (exact) mass is 387 g/mol. The molecule has 2 aromatic carbocycles. The maximum absolute atomic E-state index is 12.6. The number of thioether (sulfide) groups is 1. The fourth-order valence-corrected chi connectivity index (χ4v) is 3.31. The van der Waals surface area contributed by atoms with E-state index in [9.17, 15) is 14.4 Å². The average molecular weight is 387 g/mol. The molecule has 7 nitrogen and oxygen atoms in total. The van der Waals surface area contributed by atoms with Crippen LogP contribution in [0.25, 0.3) is 0 Å². The van der Waals surface area contributed by atoms with Crippen LogP contribution < -0.4 is 16.4 Å². The number of esters is 1. The molecule has 3 amide bonds. The van der Waals surface area contributed by atoms with E-state index in [1.807, 2.05) is 6.07 Å². The van der Waals surface area contributed by atoms with Gasteiger partial charge in [-0.3, -0.25) is 9.59 Å². The molecule has 0 aliphatic rings. The highest BCUT2D eigenvalue weighted by Crippen LogP contribution is 2.27. The number of anilines is 1. The van der Waals surface area contributed by atoms with Crippen LogP contribution in [0, 0.1) is 0 Å². The highest BCUT2D eigenvalue weighted by Gasteiger charge is 2.18. The number of rotatable bonds is 7. The Morgan fingerprint density at radius 1 is 1.11 bits per heavy atom. The molecule has 0 aliphatic carbocycles. The summed E-state index contributed by atoms with van der Waals surface area (Å²) in [6.07, 6.45) is 0. The molecule has 1 atom stereocenters. The van der Waals surface area contributed by atoms with Gasteiger partial charge in [0, 0.05) is 17.1 Å². The molecule has 1 unspecified atom stereocenters. The van der Waals surface area contributed by atoms with Crippen LogP contribution in [0.1, 0.15) is 22.8 Å². The summed E-state index contributed by atoms with van der Waals surface area (Å²) in [7, 11) is 1.34. The number of nitrogens with two attached hydrogens (primary N) is 1. The molecule has 0 aromatic heterocycles. The van der Waals surface area contributed by atoms with E-state index >= 15 is 0 Å². The molecule has 4 N–H and O–H groups in total. The molecular weight excluding hydrogens is 366 g/mol. The summed E-state index contributed by atoms with van der Waals surface area (Å²) in [4.78, 5) is 35.7. The minimum absolute atomic E-state index is 0.241. The van der Waals surface area contributed by atoms with Crippen LogP contribution in [0.15, 0.2) is 53.4 Å². The first-order valence-electron chi connectivity index (χ1n) is 8.18. The molecule has 0 bridgehead atoms. The summed E-state index contributed by atoms with van der Waals surface area (Å²) in [5.41, 5.74) is 7.00. The minimum atomic E-state index is -0.633. The fourth-order valence-electron chi connectivity index (χ4n) is 2.29. The van der Waals surface area contributed by atoms with Crippen molar-refractivity contribution in [2.24, 2.45) is 5.73 Å². The predicted molar refractivity (Wildman–Crippen MR) is 105 cm³/mol. The van der Waals surface area contributed by atoms with E-state index in [4.69, 9.17) is 10.5 Å². The lowest BCUT2D eigenvalue weighted by molar-refractivity contribution is -0.139. The molecule has 0 saturated heterocycles. The molecule has 0 spiro atoms. The quantitative estimate of drug-likeness (QED) is 0.500.